The van der Waals surface area contributed by atoms with Gasteiger partial charge in [-0.2, -0.15) is 0 Å². The van der Waals surface area contributed by atoms with Gasteiger partial charge in [-0.15, -0.1) is 0 Å². The monoisotopic (exact) mass is 198 g/mol. The van der Waals surface area contributed by atoms with E-state index in [0.717, 1.165) is 37.9 Å². The van der Waals surface area contributed by atoms with E-state index in [1.165, 1.54) is 19.3 Å². The van der Waals surface area contributed by atoms with Crippen molar-refractivity contribution in [2.24, 2.45) is 5.92 Å². The molecule has 0 spiro atoms. The van der Waals surface area contributed by atoms with Crippen LogP contribution in [0.1, 0.15) is 58.3 Å². The third-order valence-corrected chi connectivity index (χ3v) is 3.43. The van der Waals surface area contributed by atoms with E-state index in [0.29, 0.717) is 6.42 Å². The number of aldehydes is 1. The maximum absolute atomic E-state index is 10.4. The average Bonchev–Trinajstić information content (AvgIpc) is 2.30. The van der Waals surface area contributed by atoms with Crippen molar-refractivity contribution in [3.05, 3.63) is 0 Å². The molecular formula is C12H22O2. The third kappa shape index (κ3) is 3.41. The van der Waals surface area contributed by atoms with Crippen molar-refractivity contribution in [3.8, 4) is 0 Å². The summed E-state index contributed by atoms with van der Waals surface area (Å²) in [5.74, 6) is 0.778. The number of hydrogen-bond acceptors (Lipinski definition) is 2. The van der Waals surface area contributed by atoms with Crippen LogP contribution in [0.4, 0.5) is 0 Å². The molecule has 1 aliphatic rings. The number of aliphatic hydroxyl groups is 1. The van der Waals surface area contributed by atoms with Crippen LogP contribution in [0.2, 0.25) is 0 Å². The molecule has 2 unspecified atom stereocenters. The first kappa shape index (κ1) is 11.7. The number of carbonyl (C=O) groups excluding carboxylic acids is 1. The second kappa shape index (κ2) is 5.50. The normalized spacial score (nSPS) is 33.7. The minimum absolute atomic E-state index is 0.325. The topological polar surface area (TPSA) is 37.3 Å². The average molecular weight is 198 g/mol. The van der Waals surface area contributed by atoms with Crippen LogP contribution in [0, 0.1) is 5.92 Å². The number of hydrogen-bond donors (Lipinski definition) is 1. The van der Waals surface area contributed by atoms with Gasteiger partial charge in [0, 0.05) is 6.42 Å². The Balaban J connectivity index is 2.43. The Morgan fingerprint density at radius 3 is 2.86 bits per heavy atom. The first-order chi connectivity index (χ1) is 6.70. The van der Waals surface area contributed by atoms with Crippen molar-refractivity contribution in [1.29, 1.82) is 0 Å². The Hall–Kier alpha value is -0.370. The maximum Gasteiger partial charge on any atom is 0.122 e. The van der Waals surface area contributed by atoms with E-state index in [1.54, 1.807) is 0 Å². The lowest BCUT2D eigenvalue weighted by Gasteiger charge is -2.23. The summed E-state index contributed by atoms with van der Waals surface area (Å²) >= 11 is 0. The Kier molecular flexibility index (Phi) is 4.59. The standard InChI is InChI=1S/C12H22O2/c1-2-4-11-5-3-7-12(14,8-6-11)9-10-13/h10-11,14H,2-9H2,1H3. The van der Waals surface area contributed by atoms with Crippen LogP contribution in [0.25, 0.3) is 0 Å². The van der Waals surface area contributed by atoms with Crippen molar-refractivity contribution in [1.82, 2.24) is 0 Å². The molecule has 0 saturated heterocycles. The van der Waals surface area contributed by atoms with Gasteiger partial charge in [-0.3, -0.25) is 0 Å². The Morgan fingerprint density at radius 1 is 1.43 bits per heavy atom. The molecule has 2 nitrogen and oxygen atoms in total. The van der Waals surface area contributed by atoms with Crippen LogP contribution in [-0.2, 0) is 4.79 Å². The largest absolute Gasteiger partial charge is 0.389 e. The van der Waals surface area contributed by atoms with Crippen LogP contribution < -0.4 is 0 Å². The molecule has 0 amide bonds. The summed E-state index contributed by atoms with van der Waals surface area (Å²) in [6.45, 7) is 2.21. The molecular weight excluding hydrogens is 176 g/mol. The van der Waals surface area contributed by atoms with Gasteiger partial charge >= 0.3 is 0 Å². The summed E-state index contributed by atoms with van der Waals surface area (Å²) in [7, 11) is 0. The molecule has 1 rings (SSSR count). The van der Waals surface area contributed by atoms with Crippen LogP contribution in [0.15, 0.2) is 0 Å². The van der Waals surface area contributed by atoms with E-state index in [2.05, 4.69) is 6.92 Å². The van der Waals surface area contributed by atoms with E-state index in [9.17, 15) is 9.90 Å². The summed E-state index contributed by atoms with van der Waals surface area (Å²) in [4.78, 5) is 10.4. The highest BCUT2D eigenvalue weighted by Crippen LogP contribution is 2.33. The summed E-state index contributed by atoms with van der Waals surface area (Å²) in [6, 6.07) is 0. The molecule has 0 aromatic heterocycles. The zero-order valence-corrected chi connectivity index (χ0v) is 9.17. The molecule has 0 aromatic carbocycles. The van der Waals surface area contributed by atoms with Gasteiger partial charge in [0.2, 0.25) is 0 Å². The molecule has 2 atom stereocenters. The SMILES string of the molecule is CCCC1CCCC(O)(CC=O)CC1. The highest BCUT2D eigenvalue weighted by atomic mass is 16.3. The van der Waals surface area contributed by atoms with E-state index in [4.69, 9.17) is 0 Å². The maximum atomic E-state index is 10.4. The minimum Gasteiger partial charge on any atom is -0.389 e. The van der Waals surface area contributed by atoms with Gasteiger partial charge in [-0.25, -0.2) is 0 Å². The molecule has 0 radical (unpaired) electrons. The molecule has 1 saturated carbocycles. The lowest BCUT2D eigenvalue weighted by molar-refractivity contribution is -0.112. The minimum atomic E-state index is -0.676. The molecule has 0 aromatic rings. The number of carbonyl (C=O) groups is 1. The Labute approximate surface area is 86.7 Å². The van der Waals surface area contributed by atoms with Gasteiger partial charge in [-0.05, 0) is 25.2 Å². The smallest absolute Gasteiger partial charge is 0.122 e. The van der Waals surface area contributed by atoms with Crippen LogP contribution in [0.3, 0.4) is 0 Å². The zero-order valence-electron chi connectivity index (χ0n) is 9.17. The second-order valence-electron chi connectivity index (χ2n) is 4.68. The predicted molar refractivity (Wildman–Crippen MR) is 57.1 cm³/mol. The summed E-state index contributed by atoms with van der Waals surface area (Å²) in [6.07, 6.45) is 8.73. The summed E-state index contributed by atoms with van der Waals surface area (Å²) < 4.78 is 0. The van der Waals surface area contributed by atoms with Crippen LogP contribution in [0.5, 0.6) is 0 Å². The van der Waals surface area contributed by atoms with Crippen molar-refractivity contribution in [2.45, 2.75) is 63.9 Å². The van der Waals surface area contributed by atoms with Gasteiger partial charge < -0.3 is 9.90 Å². The number of rotatable bonds is 4. The van der Waals surface area contributed by atoms with Crippen molar-refractivity contribution in [2.75, 3.05) is 0 Å². The second-order valence-corrected chi connectivity index (χ2v) is 4.68. The molecule has 0 aliphatic heterocycles. The molecule has 1 aliphatic carbocycles. The van der Waals surface area contributed by atoms with Gasteiger partial charge in [-0.1, -0.05) is 32.6 Å². The lowest BCUT2D eigenvalue weighted by Crippen LogP contribution is -2.28. The molecule has 1 fully saturated rings. The molecule has 0 heterocycles. The first-order valence-corrected chi connectivity index (χ1v) is 5.86. The summed E-state index contributed by atoms with van der Waals surface area (Å²) in [5.41, 5.74) is -0.676. The first-order valence-electron chi connectivity index (χ1n) is 5.86. The Morgan fingerprint density at radius 2 is 2.21 bits per heavy atom. The fourth-order valence-corrected chi connectivity index (χ4v) is 2.52. The lowest BCUT2D eigenvalue weighted by atomic mass is 9.90. The van der Waals surface area contributed by atoms with Gasteiger partial charge in [0.15, 0.2) is 0 Å². The van der Waals surface area contributed by atoms with E-state index in [-0.39, 0.29) is 0 Å². The molecule has 1 N–H and O–H groups in total. The highest BCUT2D eigenvalue weighted by molar-refractivity contribution is 5.51. The van der Waals surface area contributed by atoms with Gasteiger partial charge in [0.25, 0.3) is 0 Å². The summed E-state index contributed by atoms with van der Waals surface area (Å²) in [5, 5.41) is 10.1. The van der Waals surface area contributed by atoms with E-state index < -0.39 is 5.60 Å². The molecule has 0 bridgehead atoms. The van der Waals surface area contributed by atoms with Gasteiger partial charge in [0.05, 0.1) is 5.60 Å². The van der Waals surface area contributed by atoms with Gasteiger partial charge in [0.1, 0.15) is 6.29 Å². The fourth-order valence-electron chi connectivity index (χ4n) is 2.52. The molecule has 82 valence electrons. The van der Waals surface area contributed by atoms with Crippen LogP contribution >= 0.6 is 0 Å². The quantitative estimate of drug-likeness (QED) is 0.557. The Bertz CT molecular complexity index is 179. The van der Waals surface area contributed by atoms with E-state index in [1.807, 2.05) is 0 Å². The fraction of sp³-hybridized carbons (Fsp3) is 0.917. The molecule has 14 heavy (non-hydrogen) atoms. The molecule has 2 heteroatoms. The predicted octanol–water partition coefficient (Wildman–Crippen LogP) is 2.69. The van der Waals surface area contributed by atoms with E-state index >= 15 is 0 Å². The third-order valence-electron chi connectivity index (χ3n) is 3.43. The zero-order chi connectivity index (χ0) is 10.4. The van der Waals surface area contributed by atoms with Crippen molar-refractivity contribution in [3.63, 3.8) is 0 Å². The van der Waals surface area contributed by atoms with Crippen molar-refractivity contribution < 1.29 is 9.90 Å². The van der Waals surface area contributed by atoms with Crippen LogP contribution in [-0.4, -0.2) is 17.0 Å². The highest BCUT2D eigenvalue weighted by Gasteiger charge is 2.29. The van der Waals surface area contributed by atoms with Crippen molar-refractivity contribution >= 4 is 6.29 Å².